The molecular weight excluding hydrogens is 206 g/mol. The molecule has 0 amide bonds. The van der Waals surface area contributed by atoms with Gasteiger partial charge in [0.2, 0.25) is 0 Å². The maximum Gasteiger partial charge on any atom is 0.0884 e. The van der Waals surface area contributed by atoms with Crippen molar-refractivity contribution in [3.05, 3.63) is 35.9 Å². The topological polar surface area (TPSA) is 0 Å². The van der Waals surface area contributed by atoms with Crippen LogP contribution in [0.1, 0.15) is 38.2 Å². The smallest absolute Gasteiger partial charge is 0.0884 e. The number of rotatable bonds is 7. The molecule has 0 aliphatic heterocycles. The van der Waals surface area contributed by atoms with E-state index in [0.717, 1.165) is 10.5 Å². The van der Waals surface area contributed by atoms with Gasteiger partial charge in [0.05, 0.1) is 27.2 Å². The second-order valence-corrected chi connectivity index (χ2v) is 5.94. The van der Waals surface area contributed by atoms with Crippen LogP contribution in [0.4, 0.5) is 0 Å². The first-order chi connectivity index (χ1) is 8.04. The predicted molar refractivity (Wildman–Crippen MR) is 76.1 cm³/mol. The van der Waals surface area contributed by atoms with E-state index in [2.05, 4.69) is 58.4 Å². The van der Waals surface area contributed by atoms with Crippen LogP contribution in [0.2, 0.25) is 0 Å². The molecule has 17 heavy (non-hydrogen) atoms. The van der Waals surface area contributed by atoms with E-state index in [9.17, 15) is 0 Å². The number of aryl methyl sites for hydroxylation is 1. The molecule has 1 rings (SSSR count). The van der Waals surface area contributed by atoms with Crippen LogP contribution >= 0.6 is 0 Å². The summed E-state index contributed by atoms with van der Waals surface area (Å²) >= 11 is 0. The van der Waals surface area contributed by atoms with Crippen LogP contribution in [0.25, 0.3) is 0 Å². The van der Waals surface area contributed by atoms with Crippen molar-refractivity contribution in [2.45, 2.75) is 45.1 Å². The molecule has 0 N–H and O–H groups in total. The summed E-state index contributed by atoms with van der Waals surface area (Å²) in [4.78, 5) is 0. The van der Waals surface area contributed by atoms with Crippen molar-refractivity contribution in [2.75, 3.05) is 21.1 Å². The highest BCUT2D eigenvalue weighted by atomic mass is 15.3. The molecule has 0 spiro atoms. The fraction of sp³-hybridized carbons (Fsp3) is 0.625. The molecule has 1 heteroatoms. The Morgan fingerprint density at radius 1 is 1.00 bits per heavy atom. The van der Waals surface area contributed by atoms with Gasteiger partial charge in [0.25, 0.3) is 0 Å². The van der Waals surface area contributed by atoms with E-state index in [-0.39, 0.29) is 0 Å². The van der Waals surface area contributed by atoms with Gasteiger partial charge in [0.15, 0.2) is 0 Å². The summed E-state index contributed by atoms with van der Waals surface area (Å²) in [6.07, 6.45) is 6.52. The molecule has 0 aromatic heterocycles. The number of benzene rings is 1. The molecule has 0 aliphatic rings. The minimum Gasteiger partial charge on any atom is -0.328 e. The number of nitrogens with zero attached hydrogens (tertiary/aromatic N) is 1. The predicted octanol–water partition coefficient (Wildman–Crippen LogP) is 3.88. The molecule has 0 saturated carbocycles. The molecular formula is C16H28N+. The quantitative estimate of drug-likeness (QED) is 0.628. The maximum absolute atomic E-state index is 2.32. The van der Waals surface area contributed by atoms with E-state index >= 15 is 0 Å². The van der Waals surface area contributed by atoms with Crippen LogP contribution in [0.5, 0.6) is 0 Å². The highest BCUT2D eigenvalue weighted by molar-refractivity contribution is 5.14. The summed E-state index contributed by atoms with van der Waals surface area (Å²) in [7, 11) is 6.97. The molecule has 0 aliphatic carbocycles. The lowest BCUT2D eigenvalue weighted by atomic mass is 10.00. The van der Waals surface area contributed by atoms with Crippen molar-refractivity contribution in [3.8, 4) is 0 Å². The summed E-state index contributed by atoms with van der Waals surface area (Å²) < 4.78 is 1.10. The van der Waals surface area contributed by atoms with Gasteiger partial charge in [-0.05, 0) is 31.2 Å². The van der Waals surface area contributed by atoms with Crippen molar-refractivity contribution >= 4 is 0 Å². The number of quaternary nitrogens is 1. The summed E-state index contributed by atoms with van der Waals surface area (Å²) in [6, 6.07) is 11.7. The van der Waals surface area contributed by atoms with E-state index in [0.29, 0.717) is 0 Å². The van der Waals surface area contributed by atoms with Gasteiger partial charge >= 0.3 is 0 Å². The van der Waals surface area contributed by atoms with Crippen LogP contribution in [-0.4, -0.2) is 31.7 Å². The second-order valence-electron chi connectivity index (χ2n) is 5.94. The van der Waals surface area contributed by atoms with Gasteiger partial charge < -0.3 is 4.48 Å². The maximum atomic E-state index is 2.32. The summed E-state index contributed by atoms with van der Waals surface area (Å²) in [5.74, 6) is 0. The molecule has 0 fully saturated rings. The summed E-state index contributed by atoms with van der Waals surface area (Å²) in [5.41, 5.74) is 1.48. The Morgan fingerprint density at radius 2 is 1.65 bits per heavy atom. The van der Waals surface area contributed by atoms with Crippen molar-refractivity contribution in [1.82, 2.24) is 0 Å². The summed E-state index contributed by atoms with van der Waals surface area (Å²) in [6.45, 7) is 2.29. The average Bonchev–Trinajstić information content (AvgIpc) is 2.28. The number of hydrogen-bond acceptors (Lipinski definition) is 0. The Kier molecular flexibility index (Phi) is 5.70. The first-order valence-corrected chi connectivity index (χ1v) is 6.89. The molecule has 0 radical (unpaired) electrons. The van der Waals surface area contributed by atoms with Crippen LogP contribution < -0.4 is 0 Å². The van der Waals surface area contributed by atoms with E-state index in [1.54, 1.807) is 0 Å². The molecule has 1 nitrogen and oxygen atoms in total. The van der Waals surface area contributed by atoms with Gasteiger partial charge in [-0.2, -0.15) is 0 Å². The zero-order valence-electron chi connectivity index (χ0n) is 11.9. The molecule has 0 heterocycles. The Bertz CT molecular complexity index is 297. The molecule has 96 valence electrons. The van der Waals surface area contributed by atoms with Crippen molar-refractivity contribution < 1.29 is 4.48 Å². The minimum absolute atomic E-state index is 0.809. The Balaban J connectivity index is 2.37. The zero-order chi connectivity index (χ0) is 12.7. The Labute approximate surface area is 107 Å². The van der Waals surface area contributed by atoms with Gasteiger partial charge in [-0.3, -0.25) is 0 Å². The molecule has 1 atom stereocenters. The standard InChI is InChI=1S/C16H28N/c1-5-10-16(17(2,3)4)14-9-13-15-11-7-6-8-12-15/h6-8,11-12,16H,5,9-10,13-14H2,1-4H3/q+1. The monoisotopic (exact) mass is 234 g/mol. The lowest BCUT2D eigenvalue weighted by molar-refractivity contribution is -0.896. The van der Waals surface area contributed by atoms with E-state index in [1.807, 2.05) is 0 Å². The lowest BCUT2D eigenvalue weighted by Gasteiger charge is -2.34. The van der Waals surface area contributed by atoms with Crippen molar-refractivity contribution in [2.24, 2.45) is 0 Å². The van der Waals surface area contributed by atoms with E-state index in [1.165, 1.54) is 37.7 Å². The molecule has 0 bridgehead atoms. The molecule has 1 aromatic carbocycles. The minimum atomic E-state index is 0.809. The van der Waals surface area contributed by atoms with Crippen molar-refractivity contribution in [3.63, 3.8) is 0 Å². The van der Waals surface area contributed by atoms with Gasteiger partial charge in [0.1, 0.15) is 0 Å². The largest absolute Gasteiger partial charge is 0.328 e. The average molecular weight is 234 g/mol. The fourth-order valence-corrected chi connectivity index (χ4v) is 2.44. The third-order valence-corrected chi connectivity index (χ3v) is 3.56. The van der Waals surface area contributed by atoms with Gasteiger partial charge in [0, 0.05) is 0 Å². The first kappa shape index (κ1) is 14.2. The first-order valence-electron chi connectivity index (χ1n) is 6.89. The summed E-state index contributed by atoms with van der Waals surface area (Å²) in [5, 5.41) is 0. The SMILES string of the molecule is CCCC(CCCc1ccccc1)[N+](C)(C)C. The Morgan fingerprint density at radius 3 is 2.18 bits per heavy atom. The van der Waals surface area contributed by atoms with E-state index < -0.39 is 0 Å². The number of hydrogen-bond donors (Lipinski definition) is 0. The molecule has 1 unspecified atom stereocenters. The lowest BCUT2D eigenvalue weighted by Crippen LogP contribution is -2.45. The van der Waals surface area contributed by atoms with Crippen LogP contribution in [-0.2, 0) is 6.42 Å². The van der Waals surface area contributed by atoms with E-state index in [4.69, 9.17) is 0 Å². The fourth-order valence-electron chi connectivity index (χ4n) is 2.44. The van der Waals surface area contributed by atoms with Crippen LogP contribution in [0, 0.1) is 0 Å². The van der Waals surface area contributed by atoms with Gasteiger partial charge in [-0.25, -0.2) is 0 Å². The zero-order valence-corrected chi connectivity index (χ0v) is 11.9. The second kappa shape index (κ2) is 6.80. The van der Waals surface area contributed by atoms with Gasteiger partial charge in [-0.1, -0.05) is 43.7 Å². The van der Waals surface area contributed by atoms with Crippen molar-refractivity contribution in [1.29, 1.82) is 0 Å². The van der Waals surface area contributed by atoms with Crippen LogP contribution in [0.15, 0.2) is 30.3 Å². The molecule has 0 saturated heterocycles. The normalized spacial score (nSPS) is 13.6. The molecule has 1 aromatic rings. The van der Waals surface area contributed by atoms with Crippen LogP contribution in [0.3, 0.4) is 0 Å². The Hall–Kier alpha value is -0.820. The highest BCUT2D eigenvalue weighted by Crippen LogP contribution is 2.17. The third kappa shape index (κ3) is 5.36. The third-order valence-electron chi connectivity index (χ3n) is 3.56. The highest BCUT2D eigenvalue weighted by Gasteiger charge is 2.21. The van der Waals surface area contributed by atoms with Gasteiger partial charge in [-0.15, -0.1) is 0 Å².